The molecule has 0 spiro atoms. The Morgan fingerprint density at radius 1 is 1.55 bits per heavy atom. The average molecular weight is 160 g/mol. The van der Waals surface area contributed by atoms with E-state index in [-0.39, 0.29) is 5.71 Å². The normalized spacial score (nSPS) is 10.8. The van der Waals surface area contributed by atoms with Crippen molar-refractivity contribution in [2.24, 2.45) is 5.16 Å². The van der Waals surface area contributed by atoms with Gasteiger partial charge in [0.05, 0.1) is 0 Å². The number of rotatable bonds is 3. The first kappa shape index (κ1) is 9.41. The Bertz CT molecular complexity index is 199. The highest BCUT2D eigenvalue weighted by Crippen LogP contribution is 1.74. The SMILES string of the molecule is C/C(=N\O)C(=O)NCC(=O)O. The molecule has 0 aromatic rings. The molecule has 6 heteroatoms. The van der Waals surface area contributed by atoms with Gasteiger partial charge in [-0.1, -0.05) is 5.16 Å². The minimum Gasteiger partial charge on any atom is -0.480 e. The van der Waals surface area contributed by atoms with Crippen LogP contribution in [0.4, 0.5) is 0 Å². The Labute approximate surface area is 62.5 Å². The maximum Gasteiger partial charge on any atom is 0.322 e. The van der Waals surface area contributed by atoms with Gasteiger partial charge in [0.1, 0.15) is 12.3 Å². The van der Waals surface area contributed by atoms with Crippen LogP contribution in [0.2, 0.25) is 0 Å². The number of hydrogen-bond acceptors (Lipinski definition) is 4. The van der Waals surface area contributed by atoms with E-state index in [0.717, 1.165) is 0 Å². The molecule has 0 fully saturated rings. The zero-order chi connectivity index (χ0) is 8.85. The molecule has 62 valence electrons. The van der Waals surface area contributed by atoms with E-state index >= 15 is 0 Å². The smallest absolute Gasteiger partial charge is 0.322 e. The molecule has 0 bridgehead atoms. The highest BCUT2D eigenvalue weighted by molar-refractivity contribution is 6.37. The Hall–Kier alpha value is -1.59. The largest absolute Gasteiger partial charge is 0.480 e. The average Bonchev–Trinajstić information content (AvgIpc) is 1.98. The van der Waals surface area contributed by atoms with Crippen molar-refractivity contribution in [2.75, 3.05) is 6.54 Å². The van der Waals surface area contributed by atoms with E-state index < -0.39 is 18.4 Å². The van der Waals surface area contributed by atoms with E-state index in [1.54, 1.807) is 0 Å². The Morgan fingerprint density at radius 3 is 2.45 bits per heavy atom. The monoisotopic (exact) mass is 160 g/mol. The summed E-state index contributed by atoms with van der Waals surface area (Å²) in [4.78, 5) is 20.5. The fourth-order valence-corrected chi connectivity index (χ4v) is 0.329. The van der Waals surface area contributed by atoms with Crippen LogP contribution in [0, 0.1) is 0 Å². The van der Waals surface area contributed by atoms with Gasteiger partial charge in [0.25, 0.3) is 5.91 Å². The molecule has 0 heterocycles. The molecule has 11 heavy (non-hydrogen) atoms. The van der Waals surface area contributed by atoms with E-state index in [1.807, 2.05) is 5.32 Å². The third-order valence-electron chi connectivity index (χ3n) is 0.879. The summed E-state index contributed by atoms with van der Waals surface area (Å²) in [5.74, 6) is -1.85. The number of aliphatic carboxylic acids is 1. The van der Waals surface area contributed by atoms with Gasteiger partial charge >= 0.3 is 5.97 Å². The van der Waals surface area contributed by atoms with E-state index in [1.165, 1.54) is 6.92 Å². The first-order valence-electron chi connectivity index (χ1n) is 2.76. The van der Waals surface area contributed by atoms with Crippen LogP contribution in [0.15, 0.2) is 5.16 Å². The summed E-state index contributed by atoms with van der Waals surface area (Å²) >= 11 is 0. The highest BCUT2D eigenvalue weighted by atomic mass is 16.4. The fraction of sp³-hybridized carbons (Fsp3) is 0.400. The molecule has 0 aliphatic carbocycles. The van der Waals surface area contributed by atoms with Gasteiger partial charge in [-0.05, 0) is 6.92 Å². The number of carbonyl (C=O) groups excluding carboxylic acids is 1. The van der Waals surface area contributed by atoms with Gasteiger partial charge in [-0.3, -0.25) is 9.59 Å². The lowest BCUT2D eigenvalue weighted by molar-refractivity contribution is -0.137. The maximum absolute atomic E-state index is 10.6. The van der Waals surface area contributed by atoms with Crippen LogP contribution in [0.25, 0.3) is 0 Å². The van der Waals surface area contributed by atoms with Gasteiger partial charge in [-0.15, -0.1) is 0 Å². The van der Waals surface area contributed by atoms with Crippen molar-refractivity contribution in [2.45, 2.75) is 6.92 Å². The number of amides is 1. The Kier molecular flexibility index (Phi) is 3.65. The number of hydrogen-bond donors (Lipinski definition) is 3. The molecule has 0 aliphatic rings. The molecule has 3 N–H and O–H groups in total. The summed E-state index contributed by atoms with van der Waals surface area (Å²) in [6, 6.07) is 0. The zero-order valence-corrected chi connectivity index (χ0v) is 5.87. The van der Waals surface area contributed by atoms with E-state index in [9.17, 15) is 9.59 Å². The lowest BCUT2D eigenvalue weighted by Gasteiger charge is -1.97. The summed E-state index contributed by atoms with van der Waals surface area (Å²) in [7, 11) is 0. The molecule has 1 amide bonds. The molecule has 0 atom stereocenters. The predicted molar refractivity (Wildman–Crippen MR) is 35.5 cm³/mol. The predicted octanol–water partition coefficient (Wildman–Crippen LogP) is -0.963. The van der Waals surface area contributed by atoms with Crippen molar-refractivity contribution < 1.29 is 19.9 Å². The number of nitrogens with zero attached hydrogens (tertiary/aromatic N) is 1. The van der Waals surface area contributed by atoms with Crippen LogP contribution in [-0.2, 0) is 9.59 Å². The summed E-state index contributed by atoms with van der Waals surface area (Å²) in [6.45, 7) is 0.781. The molecule has 0 saturated heterocycles. The van der Waals surface area contributed by atoms with Gasteiger partial charge in [-0.2, -0.15) is 0 Å². The molecular weight excluding hydrogens is 152 g/mol. The van der Waals surface area contributed by atoms with Gasteiger partial charge in [-0.25, -0.2) is 0 Å². The molecule has 0 aromatic carbocycles. The van der Waals surface area contributed by atoms with Crippen molar-refractivity contribution in [3.05, 3.63) is 0 Å². The van der Waals surface area contributed by atoms with Gasteiger partial charge in [0.2, 0.25) is 0 Å². The number of nitrogens with one attached hydrogen (secondary N) is 1. The standard InChI is InChI=1S/C5H8N2O4/c1-3(7-11)5(10)6-2-4(8)9/h11H,2H2,1H3,(H,6,10)(H,8,9)/b7-3+. The van der Waals surface area contributed by atoms with Crippen LogP contribution >= 0.6 is 0 Å². The number of carbonyl (C=O) groups is 2. The zero-order valence-electron chi connectivity index (χ0n) is 5.87. The molecule has 0 unspecified atom stereocenters. The first-order chi connectivity index (χ1) is 5.07. The third kappa shape index (κ3) is 3.90. The fourth-order valence-electron chi connectivity index (χ4n) is 0.329. The summed E-state index contributed by atoms with van der Waals surface area (Å²) in [5, 5.41) is 20.7. The minimum absolute atomic E-state index is 0.175. The van der Waals surface area contributed by atoms with Crippen molar-refractivity contribution in [3.8, 4) is 0 Å². The van der Waals surface area contributed by atoms with Gasteiger partial charge < -0.3 is 15.6 Å². The number of carboxylic acids is 1. The van der Waals surface area contributed by atoms with Crippen molar-refractivity contribution in [3.63, 3.8) is 0 Å². The van der Waals surface area contributed by atoms with Crippen LogP contribution < -0.4 is 5.32 Å². The topological polar surface area (TPSA) is 99.0 Å². The second-order valence-corrected chi connectivity index (χ2v) is 1.76. The quantitative estimate of drug-likeness (QED) is 0.281. The van der Waals surface area contributed by atoms with Crippen molar-refractivity contribution in [1.82, 2.24) is 5.32 Å². The minimum atomic E-state index is -1.15. The van der Waals surface area contributed by atoms with E-state index in [0.29, 0.717) is 0 Å². The molecule has 6 nitrogen and oxygen atoms in total. The third-order valence-corrected chi connectivity index (χ3v) is 0.879. The summed E-state index contributed by atoms with van der Waals surface area (Å²) in [6.07, 6.45) is 0. The second-order valence-electron chi connectivity index (χ2n) is 1.76. The lowest BCUT2D eigenvalue weighted by atomic mass is 10.4. The molecule has 0 radical (unpaired) electrons. The highest BCUT2D eigenvalue weighted by Gasteiger charge is 2.06. The van der Waals surface area contributed by atoms with Crippen LogP contribution in [0.1, 0.15) is 6.92 Å². The van der Waals surface area contributed by atoms with Crippen molar-refractivity contribution >= 4 is 17.6 Å². The Morgan fingerprint density at radius 2 is 2.09 bits per heavy atom. The second kappa shape index (κ2) is 4.26. The van der Waals surface area contributed by atoms with Crippen LogP contribution in [-0.4, -0.2) is 34.4 Å². The van der Waals surface area contributed by atoms with E-state index in [4.69, 9.17) is 10.3 Å². The Balaban J connectivity index is 3.80. The first-order valence-corrected chi connectivity index (χ1v) is 2.76. The van der Waals surface area contributed by atoms with Crippen LogP contribution in [0.3, 0.4) is 0 Å². The van der Waals surface area contributed by atoms with Gasteiger partial charge in [0.15, 0.2) is 0 Å². The number of carboxylic acid groups (broad SMARTS) is 1. The molecule has 0 aromatic heterocycles. The molecule has 0 rings (SSSR count). The van der Waals surface area contributed by atoms with Crippen LogP contribution in [0.5, 0.6) is 0 Å². The lowest BCUT2D eigenvalue weighted by Crippen LogP contribution is -2.33. The van der Waals surface area contributed by atoms with Gasteiger partial charge in [0, 0.05) is 0 Å². The molecule has 0 saturated carbocycles. The number of oxime groups is 1. The molecular formula is C5H8N2O4. The summed E-state index contributed by atoms with van der Waals surface area (Å²) < 4.78 is 0. The molecule has 0 aliphatic heterocycles. The van der Waals surface area contributed by atoms with E-state index in [2.05, 4.69) is 5.16 Å². The maximum atomic E-state index is 10.6. The van der Waals surface area contributed by atoms with Crippen molar-refractivity contribution in [1.29, 1.82) is 0 Å². The summed E-state index contributed by atoms with van der Waals surface area (Å²) in [5.41, 5.74) is -0.175.